The van der Waals surface area contributed by atoms with Crippen molar-refractivity contribution in [1.29, 1.82) is 0 Å². The highest BCUT2D eigenvalue weighted by Crippen LogP contribution is 2.40. The summed E-state index contributed by atoms with van der Waals surface area (Å²) in [6.07, 6.45) is 2.90. The fourth-order valence-electron chi connectivity index (χ4n) is 4.19. The van der Waals surface area contributed by atoms with Crippen molar-refractivity contribution in [3.8, 4) is 0 Å². The Labute approximate surface area is 161 Å². The molecule has 4 aromatic rings. The number of para-hydroxylation sites is 1. The summed E-state index contributed by atoms with van der Waals surface area (Å²) in [4.78, 5) is 11.6. The van der Waals surface area contributed by atoms with Crippen LogP contribution in [0.15, 0.2) is 54.7 Å². The number of thiazole rings is 1. The van der Waals surface area contributed by atoms with Gasteiger partial charge < -0.3 is 4.98 Å². The summed E-state index contributed by atoms with van der Waals surface area (Å²) in [5.74, 6) is -0.153. The van der Waals surface area contributed by atoms with Crippen molar-refractivity contribution >= 4 is 22.2 Å². The molecule has 1 atom stereocenters. The van der Waals surface area contributed by atoms with Crippen molar-refractivity contribution in [3.05, 3.63) is 87.3 Å². The first-order valence-electron chi connectivity index (χ1n) is 9.20. The topological polar surface area (TPSA) is 31.9 Å². The third kappa shape index (κ3) is 2.87. The zero-order valence-electron chi connectivity index (χ0n) is 15.1. The van der Waals surface area contributed by atoms with Crippen molar-refractivity contribution in [2.75, 3.05) is 6.54 Å². The van der Waals surface area contributed by atoms with E-state index < -0.39 is 0 Å². The number of benzene rings is 2. The number of hydrogen-bond acceptors (Lipinski definition) is 3. The molecule has 3 heterocycles. The summed E-state index contributed by atoms with van der Waals surface area (Å²) >= 11 is 1.71. The lowest BCUT2D eigenvalue weighted by molar-refractivity contribution is 0.200. The highest BCUT2D eigenvalue weighted by molar-refractivity contribution is 7.11. The molecule has 1 aliphatic heterocycles. The molecule has 0 saturated carbocycles. The van der Waals surface area contributed by atoms with Gasteiger partial charge in [0.15, 0.2) is 0 Å². The number of hydrogen-bond donors (Lipinski definition) is 1. The quantitative estimate of drug-likeness (QED) is 0.531. The molecule has 136 valence electrons. The van der Waals surface area contributed by atoms with Gasteiger partial charge in [-0.3, -0.25) is 4.90 Å². The van der Waals surface area contributed by atoms with E-state index in [0.29, 0.717) is 0 Å². The highest BCUT2D eigenvalue weighted by atomic mass is 32.1. The summed E-state index contributed by atoms with van der Waals surface area (Å²) in [6.45, 7) is 3.69. The maximum atomic E-state index is 14.8. The van der Waals surface area contributed by atoms with Crippen molar-refractivity contribution in [1.82, 2.24) is 14.9 Å². The molecule has 2 aromatic carbocycles. The first-order chi connectivity index (χ1) is 13.2. The van der Waals surface area contributed by atoms with Crippen LogP contribution >= 0.6 is 11.3 Å². The predicted octanol–water partition coefficient (Wildman–Crippen LogP) is 5.22. The Bertz CT molecular complexity index is 1110. The molecule has 0 bridgehead atoms. The van der Waals surface area contributed by atoms with E-state index in [1.54, 1.807) is 23.5 Å². The van der Waals surface area contributed by atoms with Crippen LogP contribution in [0.2, 0.25) is 0 Å². The van der Waals surface area contributed by atoms with E-state index in [-0.39, 0.29) is 11.9 Å². The van der Waals surface area contributed by atoms with Gasteiger partial charge in [0, 0.05) is 46.3 Å². The minimum Gasteiger partial charge on any atom is -0.357 e. The largest absolute Gasteiger partial charge is 0.357 e. The van der Waals surface area contributed by atoms with Gasteiger partial charge in [0.25, 0.3) is 0 Å². The molecular weight excluding hydrogens is 357 g/mol. The molecule has 2 aromatic heterocycles. The minimum atomic E-state index is -0.153. The molecule has 0 spiro atoms. The van der Waals surface area contributed by atoms with E-state index in [0.717, 1.165) is 41.3 Å². The smallest absolute Gasteiger partial charge is 0.128 e. The second-order valence-corrected chi connectivity index (χ2v) is 8.37. The number of aromatic nitrogens is 2. The first kappa shape index (κ1) is 16.7. The molecular formula is C22H20FN3S. The fraction of sp³-hybridized carbons (Fsp3) is 0.227. The Morgan fingerprint density at radius 2 is 2.00 bits per heavy atom. The standard InChI is InChI=1S/C22H20FN3S/c1-14-24-12-15(27-14)13-26-11-10-17-16-6-3-5-9-20(16)25-21(17)22(26)18-7-2-4-8-19(18)23/h2-9,12,22,25H,10-11,13H2,1H3. The molecule has 1 aliphatic rings. The van der Waals surface area contributed by atoms with Crippen LogP contribution in [-0.2, 0) is 13.0 Å². The molecule has 0 fully saturated rings. The van der Waals surface area contributed by atoms with Crippen LogP contribution in [0.5, 0.6) is 0 Å². The second kappa shape index (κ2) is 6.59. The fourth-order valence-corrected chi connectivity index (χ4v) is 5.01. The Morgan fingerprint density at radius 1 is 1.19 bits per heavy atom. The van der Waals surface area contributed by atoms with E-state index in [2.05, 4.69) is 33.1 Å². The van der Waals surface area contributed by atoms with E-state index >= 15 is 0 Å². The van der Waals surface area contributed by atoms with Crippen LogP contribution in [0.1, 0.15) is 32.7 Å². The summed E-state index contributed by atoms with van der Waals surface area (Å²) < 4.78 is 14.8. The van der Waals surface area contributed by atoms with Gasteiger partial charge in [0.1, 0.15) is 5.82 Å². The van der Waals surface area contributed by atoms with Crippen LogP contribution in [0.3, 0.4) is 0 Å². The van der Waals surface area contributed by atoms with Crippen molar-refractivity contribution in [2.24, 2.45) is 0 Å². The summed E-state index contributed by atoms with van der Waals surface area (Å²) in [7, 11) is 0. The molecule has 0 saturated heterocycles. The Kier molecular flexibility index (Phi) is 4.06. The number of nitrogens with zero attached hydrogens (tertiary/aromatic N) is 2. The Balaban J connectivity index is 1.65. The molecule has 0 aliphatic carbocycles. The van der Waals surface area contributed by atoms with Gasteiger partial charge in [-0.2, -0.15) is 0 Å². The number of nitrogens with one attached hydrogen (secondary N) is 1. The number of rotatable bonds is 3. The third-order valence-electron chi connectivity index (χ3n) is 5.36. The lowest BCUT2D eigenvalue weighted by atomic mass is 9.92. The van der Waals surface area contributed by atoms with Gasteiger partial charge in [0.05, 0.1) is 11.0 Å². The average Bonchev–Trinajstić information content (AvgIpc) is 3.25. The van der Waals surface area contributed by atoms with E-state index in [4.69, 9.17) is 0 Å². The zero-order chi connectivity index (χ0) is 18.4. The number of fused-ring (bicyclic) bond motifs is 3. The second-order valence-electron chi connectivity index (χ2n) is 7.05. The summed E-state index contributed by atoms with van der Waals surface area (Å²) in [5, 5.41) is 2.32. The van der Waals surface area contributed by atoms with Gasteiger partial charge >= 0.3 is 0 Å². The number of H-pyrrole nitrogens is 1. The SMILES string of the molecule is Cc1ncc(CN2CCc3c([nH]c4ccccc34)C2c2ccccc2F)s1. The van der Waals surface area contributed by atoms with Crippen molar-refractivity contribution in [3.63, 3.8) is 0 Å². The maximum Gasteiger partial charge on any atom is 0.128 e. The van der Waals surface area contributed by atoms with E-state index in [1.165, 1.54) is 15.8 Å². The molecule has 1 unspecified atom stereocenters. The van der Waals surface area contributed by atoms with E-state index in [1.807, 2.05) is 31.3 Å². The minimum absolute atomic E-state index is 0.121. The third-order valence-corrected chi connectivity index (χ3v) is 6.26. The van der Waals surface area contributed by atoms with Gasteiger partial charge in [0.2, 0.25) is 0 Å². The maximum absolute atomic E-state index is 14.8. The van der Waals surface area contributed by atoms with Gasteiger partial charge in [-0.25, -0.2) is 9.37 Å². The van der Waals surface area contributed by atoms with Crippen LogP contribution in [0.25, 0.3) is 10.9 Å². The molecule has 0 radical (unpaired) electrons. The van der Waals surface area contributed by atoms with Crippen LogP contribution < -0.4 is 0 Å². The van der Waals surface area contributed by atoms with Gasteiger partial charge in [-0.1, -0.05) is 36.4 Å². The Hall–Kier alpha value is -2.50. The monoisotopic (exact) mass is 377 g/mol. The molecule has 27 heavy (non-hydrogen) atoms. The zero-order valence-corrected chi connectivity index (χ0v) is 15.9. The molecule has 3 nitrogen and oxygen atoms in total. The lowest BCUT2D eigenvalue weighted by Crippen LogP contribution is -2.35. The van der Waals surface area contributed by atoms with Gasteiger partial charge in [-0.15, -0.1) is 11.3 Å². The normalized spacial score (nSPS) is 17.3. The molecule has 5 heteroatoms. The summed E-state index contributed by atoms with van der Waals surface area (Å²) in [6, 6.07) is 15.4. The number of halogens is 1. The molecule has 5 rings (SSSR count). The Morgan fingerprint density at radius 3 is 2.81 bits per heavy atom. The highest BCUT2D eigenvalue weighted by Gasteiger charge is 2.33. The summed E-state index contributed by atoms with van der Waals surface area (Å²) in [5.41, 5.74) is 4.29. The number of aryl methyl sites for hydroxylation is 1. The predicted molar refractivity (Wildman–Crippen MR) is 108 cm³/mol. The van der Waals surface area contributed by atoms with Gasteiger partial charge in [-0.05, 0) is 31.0 Å². The number of aromatic amines is 1. The molecule has 0 amide bonds. The van der Waals surface area contributed by atoms with Crippen molar-refractivity contribution < 1.29 is 4.39 Å². The van der Waals surface area contributed by atoms with Crippen LogP contribution in [-0.4, -0.2) is 21.4 Å². The van der Waals surface area contributed by atoms with E-state index in [9.17, 15) is 4.39 Å². The first-order valence-corrected chi connectivity index (χ1v) is 10.0. The average molecular weight is 377 g/mol. The lowest BCUT2D eigenvalue weighted by Gasteiger charge is -2.36. The molecule has 1 N–H and O–H groups in total. The van der Waals surface area contributed by atoms with Crippen LogP contribution in [0, 0.1) is 12.7 Å². The van der Waals surface area contributed by atoms with Crippen molar-refractivity contribution in [2.45, 2.75) is 25.9 Å². The van der Waals surface area contributed by atoms with Crippen LogP contribution in [0.4, 0.5) is 4.39 Å².